The van der Waals surface area contributed by atoms with Crippen molar-refractivity contribution in [3.8, 4) is 6.07 Å². The normalized spacial score (nSPS) is 18.8. The molecule has 2 rings (SSSR count). The fourth-order valence-electron chi connectivity index (χ4n) is 2.00. The lowest BCUT2D eigenvalue weighted by molar-refractivity contribution is 0.457. The van der Waals surface area contributed by atoms with Gasteiger partial charge in [-0.2, -0.15) is 5.26 Å². The fourth-order valence-corrected chi connectivity index (χ4v) is 2.00. The van der Waals surface area contributed by atoms with Crippen LogP contribution in [-0.2, 0) is 0 Å². The summed E-state index contributed by atoms with van der Waals surface area (Å²) in [5, 5.41) is 12.3. The molecule has 0 bridgehead atoms. The van der Waals surface area contributed by atoms with Crippen molar-refractivity contribution in [1.29, 1.82) is 5.26 Å². The first-order valence-electron chi connectivity index (χ1n) is 5.99. The second-order valence-electron chi connectivity index (χ2n) is 4.66. The lowest BCUT2D eigenvalue weighted by Crippen LogP contribution is -2.27. The van der Waals surface area contributed by atoms with E-state index in [1.54, 1.807) is 0 Å². The van der Waals surface area contributed by atoms with Gasteiger partial charge in [-0.1, -0.05) is 30.3 Å². The number of benzene rings is 1. The Bertz CT molecular complexity index is 362. The molecule has 1 aliphatic rings. The maximum Gasteiger partial charge on any atom is 0.0666 e. The summed E-state index contributed by atoms with van der Waals surface area (Å²) >= 11 is 0. The Hall–Kier alpha value is -1.33. The van der Waals surface area contributed by atoms with E-state index in [2.05, 4.69) is 35.7 Å². The smallest absolute Gasteiger partial charge is 0.0666 e. The zero-order valence-corrected chi connectivity index (χ0v) is 9.69. The standard InChI is InChI=1S/C14H18N2/c1-11(9-15)10-16-14(13-7-8-13)12-5-3-2-4-6-12/h2-6,11,13-14,16H,7-8,10H2,1H3. The van der Waals surface area contributed by atoms with E-state index in [4.69, 9.17) is 5.26 Å². The van der Waals surface area contributed by atoms with Gasteiger partial charge in [0, 0.05) is 12.6 Å². The summed E-state index contributed by atoms with van der Waals surface area (Å²) in [6.07, 6.45) is 2.63. The number of nitrogens with zero attached hydrogens (tertiary/aromatic N) is 1. The summed E-state index contributed by atoms with van der Waals surface area (Å²) in [6.45, 7) is 2.74. The van der Waals surface area contributed by atoms with E-state index >= 15 is 0 Å². The SMILES string of the molecule is CC(C#N)CNC(c1ccccc1)C1CC1. The molecule has 1 N–H and O–H groups in total. The predicted octanol–water partition coefficient (Wildman–Crippen LogP) is 2.89. The topological polar surface area (TPSA) is 35.8 Å². The van der Waals surface area contributed by atoms with Crippen LogP contribution in [0.25, 0.3) is 0 Å². The van der Waals surface area contributed by atoms with Crippen molar-refractivity contribution in [3.05, 3.63) is 35.9 Å². The molecule has 84 valence electrons. The third kappa shape index (κ3) is 2.84. The summed E-state index contributed by atoms with van der Waals surface area (Å²) in [6, 6.07) is 13.3. The van der Waals surface area contributed by atoms with Crippen LogP contribution >= 0.6 is 0 Å². The van der Waals surface area contributed by atoms with Crippen LogP contribution in [0.3, 0.4) is 0 Å². The summed E-state index contributed by atoms with van der Waals surface area (Å²) < 4.78 is 0. The van der Waals surface area contributed by atoms with Gasteiger partial charge in [0.15, 0.2) is 0 Å². The van der Waals surface area contributed by atoms with Gasteiger partial charge >= 0.3 is 0 Å². The van der Waals surface area contributed by atoms with Crippen molar-refractivity contribution in [2.75, 3.05) is 6.54 Å². The van der Waals surface area contributed by atoms with Gasteiger partial charge in [0.25, 0.3) is 0 Å². The summed E-state index contributed by atoms with van der Waals surface area (Å²) in [5.74, 6) is 0.859. The van der Waals surface area contributed by atoms with Crippen molar-refractivity contribution in [2.24, 2.45) is 11.8 Å². The third-order valence-corrected chi connectivity index (χ3v) is 3.12. The number of nitrogens with one attached hydrogen (secondary N) is 1. The molecule has 0 aliphatic heterocycles. The molecule has 1 fully saturated rings. The highest BCUT2D eigenvalue weighted by molar-refractivity contribution is 5.21. The Morgan fingerprint density at radius 3 is 2.62 bits per heavy atom. The monoisotopic (exact) mass is 214 g/mol. The van der Waals surface area contributed by atoms with E-state index in [1.807, 2.05) is 13.0 Å². The third-order valence-electron chi connectivity index (χ3n) is 3.12. The van der Waals surface area contributed by atoms with E-state index in [0.29, 0.717) is 6.04 Å². The largest absolute Gasteiger partial charge is 0.308 e. The minimum Gasteiger partial charge on any atom is -0.308 e. The van der Waals surface area contributed by atoms with Gasteiger partial charge < -0.3 is 5.32 Å². The molecule has 1 saturated carbocycles. The van der Waals surface area contributed by atoms with E-state index in [-0.39, 0.29) is 5.92 Å². The number of hydrogen-bond donors (Lipinski definition) is 1. The number of hydrogen-bond acceptors (Lipinski definition) is 2. The molecule has 0 aromatic heterocycles. The van der Waals surface area contributed by atoms with E-state index in [9.17, 15) is 0 Å². The molecule has 2 atom stereocenters. The molecule has 1 aromatic rings. The molecular weight excluding hydrogens is 196 g/mol. The zero-order chi connectivity index (χ0) is 11.4. The minimum absolute atomic E-state index is 0.0879. The van der Waals surface area contributed by atoms with Gasteiger partial charge in [0.05, 0.1) is 12.0 Å². The highest BCUT2D eigenvalue weighted by Crippen LogP contribution is 2.40. The van der Waals surface area contributed by atoms with Gasteiger partial charge in [-0.05, 0) is 31.2 Å². The van der Waals surface area contributed by atoms with Crippen molar-refractivity contribution >= 4 is 0 Å². The Balaban J connectivity index is 1.99. The van der Waals surface area contributed by atoms with Crippen LogP contribution in [0, 0.1) is 23.2 Å². The highest BCUT2D eigenvalue weighted by Gasteiger charge is 2.31. The lowest BCUT2D eigenvalue weighted by Gasteiger charge is -2.19. The predicted molar refractivity (Wildman–Crippen MR) is 64.7 cm³/mol. The van der Waals surface area contributed by atoms with Crippen molar-refractivity contribution in [1.82, 2.24) is 5.32 Å². The van der Waals surface area contributed by atoms with E-state index in [0.717, 1.165) is 12.5 Å². The van der Waals surface area contributed by atoms with Crippen LogP contribution in [0.2, 0.25) is 0 Å². The molecule has 0 saturated heterocycles. The lowest BCUT2D eigenvalue weighted by atomic mass is 10.0. The van der Waals surface area contributed by atoms with Crippen molar-refractivity contribution < 1.29 is 0 Å². The van der Waals surface area contributed by atoms with Crippen LogP contribution in [0.4, 0.5) is 0 Å². The quantitative estimate of drug-likeness (QED) is 0.818. The number of nitriles is 1. The number of rotatable bonds is 5. The summed E-state index contributed by atoms with van der Waals surface area (Å²) in [5.41, 5.74) is 1.36. The van der Waals surface area contributed by atoms with Gasteiger partial charge in [-0.3, -0.25) is 0 Å². The van der Waals surface area contributed by atoms with Crippen molar-refractivity contribution in [2.45, 2.75) is 25.8 Å². The van der Waals surface area contributed by atoms with Gasteiger partial charge in [0.1, 0.15) is 0 Å². The van der Waals surface area contributed by atoms with Crippen LogP contribution in [0.5, 0.6) is 0 Å². The second kappa shape index (κ2) is 5.14. The molecule has 0 spiro atoms. The Labute approximate surface area is 97.3 Å². The fraction of sp³-hybridized carbons (Fsp3) is 0.500. The first-order valence-corrected chi connectivity index (χ1v) is 5.99. The molecule has 1 aliphatic carbocycles. The Kier molecular flexibility index (Phi) is 3.58. The second-order valence-corrected chi connectivity index (χ2v) is 4.66. The minimum atomic E-state index is 0.0879. The molecular formula is C14H18N2. The maximum atomic E-state index is 8.78. The highest BCUT2D eigenvalue weighted by atomic mass is 14.9. The summed E-state index contributed by atoms with van der Waals surface area (Å²) in [7, 11) is 0. The van der Waals surface area contributed by atoms with E-state index < -0.39 is 0 Å². The van der Waals surface area contributed by atoms with Crippen molar-refractivity contribution in [3.63, 3.8) is 0 Å². The van der Waals surface area contributed by atoms with E-state index in [1.165, 1.54) is 18.4 Å². The van der Waals surface area contributed by atoms with Gasteiger partial charge in [-0.15, -0.1) is 0 Å². The Morgan fingerprint density at radius 2 is 2.06 bits per heavy atom. The summed E-state index contributed by atoms with van der Waals surface area (Å²) in [4.78, 5) is 0. The van der Waals surface area contributed by atoms with Gasteiger partial charge in [0.2, 0.25) is 0 Å². The Morgan fingerprint density at radius 1 is 1.38 bits per heavy atom. The van der Waals surface area contributed by atoms with Crippen LogP contribution in [0.15, 0.2) is 30.3 Å². The average molecular weight is 214 g/mol. The molecule has 2 unspecified atom stereocenters. The zero-order valence-electron chi connectivity index (χ0n) is 9.69. The van der Waals surface area contributed by atoms with Crippen LogP contribution < -0.4 is 5.32 Å². The first kappa shape index (κ1) is 11.2. The van der Waals surface area contributed by atoms with Crippen LogP contribution in [-0.4, -0.2) is 6.54 Å². The molecule has 2 nitrogen and oxygen atoms in total. The first-order chi connectivity index (χ1) is 7.81. The van der Waals surface area contributed by atoms with Crippen LogP contribution in [0.1, 0.15) is 31.4 Å². The maximum absolute atomic E-state index is 8.78. The average Bonchev–Trinajstić information content (AvgIpc) is 3.15. The molecule has 0 amide bonds. The molecule has 0 radical (unpaired) electrons. The molecule has 16 heavy (non-hydrogen) atoms. The molecule has 0 heterocycles. The molecule has 2 heteroatoms. The molecule has 1 aromatic carbocycles. The van der Waals surface area contributed by atoms with Gasteiger partial charge in [-0.25, -0.2) is 0 Å².